The summed E-state index contributed by atoms with van der Waals surface area (Å²) in [6.07, 6.45) is 7.35. The van der Waals surface area contributed by atoms with Crippen LogP contribution >= 0.6 is 11.6 Å². The molecule has 0 bridgehead atoms. The molecule has 0 radical (unpaired) electrons. The number of carbonyl (C=O) groups excluding carboxylic acids is 3. The Kier molecular flexibility index (Phi) is 6.24. The van der Waals surface area contributed by atoms with E-state index in [1.807, 2.05) is 36.4 Å². The van der Waals surface area contributed by atoms with Gasteiger partial charge in [0.15, 0.2) is 5.15 Å². The Hall–Kier alpha value is -3.23. The van der Waals surface area contributed by atoms with Crippen LogP contribution in [0.25, 0.3) is 10.8 Å². The highest BCUT2D eigenvalue weighted by molar-refractivity contribution is 6.29. The van der Waals surface area contributed by atoms with Crippen LogP contribution in [0.1, 0.15) is 79.5 Å². The van der Waals surface area contributed by atoms with E-state index in [4.69, 9.17) is 16.7 Å². The quantitative estimate of drug-likeness (QED) is 0.435. The third-order valence-electron chi connectivity index (χ3n) is 9.56. The number of amides is 3. The molecule has 3 fully saturated rings. The summed E-state index contributed by atoms with van der Waals surface area (Å²) in [5, 5.41) is 9.47. The molecule has 3 amide bonds. The van der Waals surface area contributed by atoms with E-state index in [-0.39, 0.29) is 18.2 Å². The molecule has 3 aliphatic heterocycles. The molecule has 1 atom stereocenters. The summed E-state index contributed by atoms with van der Waals surface area (Å²) in [7, 11) is 0. The van der Waals surface area contributed by atoms with Gasteiger partial charge in [-0.05, 0) is 66.7 Å². The molecule has 1 aliphatic carbocycles. The maximum atomic E-state index is 13.5. The number of rotatable bonds is 6. The monoisotopic (exact) mass is 559 g/mol. The zero-order valence-electron chi connectivity index (χ0n) is 22.8. The Balaban J connectivity index is 1.15. The lowest BCUT2D eigenvalue weighted by Crippen LogP contribution is -2.53. The molecule has 8 nitrogen and oxygen atoms in total. The highest BCUT2D eigenvalue weighted by Gasteiger charge is 2.41. The van der Waals surface area contributed by atoms with Gasteiger partial charge in [-0.1, -0.05) is 43.1 Å². The van der Waals surface area contributed by atoms with E-state index in [2.05, 4.69) is 21.8 Å². The van der Waals surface area contributed by atoms with Crippen molar-refractivity contribution in [1.29, 1.82) is 0 Å². The number of piperidine rings is 2. The minimum absolute atomic E-state index is 0.192. The lowest BCUT2D eigenvalue weighted by Gasteiger charge is -2.44. The number of imide groups is 1. The van der Waals surface area contributed by atoms with Gasteiger partial charge in [-0.15, -0.1) is 0 Å². The number of hydrogen-bond donors (Lipinski definition) is 1. The Morgan fingerprint density at radius 3 is 2.60 bits per heavy atom. The van der Waals surface area contributed by atoms with Gasteiger partial charge in [-0.3, -0.25) is 29.3 Å². The van der Waals surface area contributed by atoms with E-state index in [0.717, 1.165) is 53.6 Å². The first-order valence-corrected chi connectivity index (χ1v) is 14.9. The molecule has 1 saturated carbocycles. The second kappa shape index (κ2) is 9.70. The second-order valence-corrected chi connectivity index (χ2v) is 12.8. The zero-order valence-corrected chi connectivity index (χ0v) is 23.5. The molecule has 1 N–H and O–H groups in total. The third kappa shape index (κ3) is 4.32. The average Bonchev–Trinajstić information content (AvgIpc) is 3.43. The highest BCUT2D eigenvalue weighted by Crippen LogP contribution is 2.43. The van der Waals surface area contributed by atoms with Crippen molar-refractivity contribution in [3.63, 3.8) is 0 Å². The van der Waals surface area contributed by atoms with Gasteiger partial charge in [0.05, 0.1) is 11.7 Å². The van der Waals surface area contributed by atoms with Crippen molar-refractivity contribution in [2.24, 2.45) is 5.41 Å². The predicted octanol–water partition coefficient (Wildman–Crippen LogP) is 4.87. The first-order valence-electron chi connectivity index (χ1n) is 14.5. The van der Waals surface area contributed by atoms with Crippen LogP contribution in [0.2, 0.25) is 5.15 Å². The van der Waals surface area contributed by atoms with E-state index in [1.54, 1.807) is 4.90 Å². The van der Waals surface area contributed by atoms with E-state index < -0.39 is 11.9 Å². The lowest BCUT2D eigenvalue weighted by atomic mass is 9.70. The van der Waals surface area contributed by atoms with Crippen LogP contribution in [0.15, 0.2) is 36.4 Å². The Bertz CT molecular complexity index is 1540. The molecule has 3 aromatic rings. The predicted molar refractivity (Wildman–Crippen MR) is 154 cm³/mol. The molecular weight excluding hydrogens is 526 g/mol. The first kappa shape index (κ1) is 25.7. The molecule has 7 rings (SSSR count). The van der Waals surface area contributed by atoms with Gasteiger partial charge in [-0.2, -0.15) is 5.10 Å². The standard InChI is InChI=1S/C31H34ClN5O3/c1-31(12-3-13-31)18-35-14-10-20(11-15-35)37-21(17-26(32)34-37)16-19-6-7-24-28-22(19)4-2-5-23(28)30(40)36(24)25-8-9-27(38)33-29(25)39/h2,4-7,17,20,25H,3,8-16,18H2,1H3,(H,33,38,39). The third-order valence-corrected chi connectivity index (χ3v) is 9.75. The van der Waals surface area contributed by atoms with E-state index >= 15 is 0 Å². The number of hydrogen-bond acceptors (Lipinski definition) is 5. The number of aromatic nitrogens is 2. The fraction of sp³-hybridized carbons (Fsp3) is 0.484. The number of benzene rings is 2. The van der Waals surface area contributed by atoms with Gasteiger partial charge in [0.1, 0.15) is 6.04 Å². The molecule has 208 valence electrons. The summed E-state index contributed by atoms with van der Waals surface area (Å²) in [5.74, 6) is -0.900. The maximum absolute atomic E-state index is 13.5. The van der Waals surface area contributed by atoms with Gasteiger partial charge in [0, 0.05) is 49.1 Å². The molecule has 40 heavy (non-hydrogen) atoms. The van der Waals surface area contributed by atoms with Crippen molar-refractivity contribution in [3.05, 3.63) is 58.4 Å². The Labute approximate surface area is 238 Å². The number of nitrogens with one attached hydrogen (secondary N) is 1. The van der Waals surface area contributed by atoms with E-state index in [0.29, 0.717) is 35.0 Å². The van der Waals surface area contributed by atoms with E-state index in [9.17, 15) is 14.4 Å². The second-order valence-electron chi connectivity index (χ2n) is 12.4. The van der Waals surface area contributed by atoms with Crippen LogP contribution in [0.3, 0.4) is 0 Å². The molecular formula is C31H34ClN5O3. The summed E-state index contributed by atoms with van der Waals surface area (Å²) in [6.45, 7) is 5.78. The molecule has 1 aromatic heterocycles. The van der Waals surface area contributed by atoms with Gasteiger partial charge in [0.2, 0.25) is 11.8 Å². The molecule has 2 saturated heterocycles. The number of nitrogens with zero attached hydrogens (tertiary/aromatic N) is 4. The SMILES string of the molecule is CC1(CN2CCC(n3nc(Cl)cc3Cc3ccc4c5c(cccc35)C(=O)N4C3CCC(=O)NC3=O)CC2)CCC1. The summed E-state index contributed by atoms with van der Waals surface area (Å²) in [4.78, 5) is 42.1. The zero-order chi connectivity index (χ0) is 27.6. The van der Waals surface area contributed by atoms with Crippen molar-refractivity contribution in [2.75, 3.05) is 24.5 Å². The van der Waals surface area contributed by atoms with E-state index in [1.165, 1.54) is 25.8 Å². The van der Waals surface area contributed by atoms with Crippen LogP contribution in [0, 0.1) is 5.41 Å². The van der Waals surface area contributed by atoms with Crippen molar-refractivity contribution in [1.82, 2.24) is 20.0 Å². The van der Waals surface area contributed by atoms with Crippen LogP contribution in [-0.2, 0) is 16.0 Å². The van der Waals surface area contributed by atoms with Crippen molar-refractivity contribution < 1.29 is 14.4 Å². The minimum atomic E-state index is -0.690. The average molecular weight is 560 g/mol. The largest absolute Gasteiger partial charge is 0.303 e. The fourth-order valence-corrected chi connectivity index (χ4v) is 7.51. The van der Waals surface area contributed by atoms with Crippen LogP contribution in [0.5, 0.6) is 0 Å². The van der Waals surface area contributed by atoms with Crippen molar-refractivity contribution in [3.8, 4) is 0 Å². The van der Waals surface area contributed by atoms with Crippen molar-refractivity contribution in [2.45, 2.75) is 70.4 Å². The van der Waals surface area contributed by atoms with Gasteiger partial charge in [0.25, 0.3) is 5.91 Å². The van der Waals surface area contributed by atoms with Crippen LogP contribution in [-0.4, -0.2) is 58.1 Å². The minimum Gasteiger partial charge on any atom is -0.303 e. The number of carbonyl (C=O) groups is 3. The molecule has 2 aromatic carbocycles. The topological polar surface area (TPSA) is 87.5 Å². The van der Waals surface area contributed by atoms with Gasteiger partial charge < -0.3 is 4.90 Å². The fourth-order valence-electron chi connectivity index (χ4n) is 7.30. The van der Waals surface area contributed by atoms with Crippen LogP contribution < -0.4 is 10.2 Å². The first-order chi connectivity index (χ1) is 19.3. The summed E-state index contributed by atoms with van der Waals surface area (Å²) in [5.41, 5.74) is 3.98. The molecule has 9 heteroatoms. The molecule has 0 spiro atoms. The number of anilines is 1. The number of likely N-dealkylation sites (tertiary alicyclic amines) is 1. The van der Waals surface area contributed by atoms with Gasteiger partial charge >= 0.3 is 0 Å². The van der Waals surface area contributed by atoms with Crippen molar-refractivity contribution >= 4 is 45.8 Å². The molecule has 1 unspecified atom stereocenters. The maximum Gasteiger partial charge on any atom is 0.259 e. The summed E-state index contributed by atoms with van der Waals surface area (Å²) >= 11 is 6.46. The lowest BCUT2D eigenvalue weighted by molar-refractivity contribution is -0.134. The number of halogens is 1. The van der Waals surface area contributed by atoms with Crippen LogP contribution in [0.4, 0.5) is 5.69 Å². The molecule has 4 heterocycles. The Morgan fingerprint density at radius 2 is 1.88 bits per heavy atom. The highest BCUT2D eigenvalue weighted by atomic mass is 35.5. The normalized spacial score (nSPS) is 23.1. The summed E-state index contributed by atoms with van der Waals surface area (Å²) < 4.78 is 2.13. The van der Waals surface area contributed by atoms with Gasteiger partial charge in [-0.25, -0.2) is 0 Å². The smallest absolute Gasteiger partial charge is 0.259 e. The molecule has 4 aliphatic rings. The summed E-state index contributed by atoms with van der Waals surface area (Å²) in [6, 6.07) is 11.3. The Morgan fingerprint density at radius 1 is 1.07 bits per heavy atom.